The van der Waals surface area contributed by atoms with E-state index in [0.717, 1.165) is 0 Å². The molecule has 1 aromatic carbocycles. The van der Waals surface area contributed by atoms with E-state index in [1.165, 1.54) is 18.5 Å². The number of ether oxygens (including phenoxy) is 3. The second-order valence-electron chi connectivity index (χ2n) is 5.28. The van der Waals surface area contributed by atoms with Gasteiger partial charge in [0, 0.05) is 25.2 Å². The Morgan fingerprint density at radius 2 is 1.80 bits per heavy atom. The summed E-state index contributed by atoms with van der Waals surface area (Å²) >= 11 is 3.33. The van der Waals surface area contributed by atoms with Crippen LogP contribution in [0.25, 0.3) is 0 Å². The molecular formula is C15H21BrN2O6S. The number of nitrogens with one attached hydrogen (secondary N) is 1. The lowest BCUT2D eigenvalue weighted by Crippen LogP contribution is -2.43. The highest BCUT2D eigenvalue weighted by atomic mass is 79.9. The molecule has 10 heteroatoms. The van der Waals surface area contributed by atoms with Crippen molar-refractivity contribution >= 4 is 31.9 Å². The smallest absolute Gasteiger partial charge is 0.251 e. The van der Waals surface area contributed by atoms with Crippen LogP contribution in [0, 0.1) is 0 Å². The Morgan fingerprint density at radius 1 is 1.24 bits per heavy atom. The van der Waals surface area contributed by atoms with Crippen LogP contribution in [0.1, 0.15) is 10.4 Å². The van der Waals surface area contributed by atoms with Crippen LogP contribution in [0.4, 0.5) is 0 Å². The minimum atomic E-state index is -3.41. The van der Waals surface area contributed by atoms with Crippen LogP contribution in [0.2, 0.25) is 0 Å². The molecule has 1 fully saturated rings. The minimum absolute atomic E-state index is 0.0131. The average molecular weight is 437 g/mol. The van der Waals surface area contributed by atoms with E-state index in [1.54, 1.807) is 12.1 Å². The van der Waals surface area contributed by atoms with Crippen LogP contribution in [0.5, 0.6) is 11.5 Å². The highest BCUT2D eigenvalue weighted by molar-refractivity contribution is 9.10. The summed E-state index contributed by atoms with van der Waals surface area (Å²) in [6.45, 7) is 1.49. The Hall–Kier alpha value is -1.36. The van der Waals surface area contributed by atoms with Gasteiger partial charge < -0.3 is 19.5 Å². The standard InChI is InChI=1S/C15H21BrN2O6S/c1-22-12-9-11(10-13(23-2)14(12)16)15(19)17-3-8-25(20,21)18-4-6-24-7-5-18/h9-10H,3-8H2,1-2H3,(H,17,19). The monoisotopic (exact) mass is 436 g/mol. The van der Waals surface area contributed by atoms with Crippen molar-refractivity contribution in [2.75, 3.05) is 52.8 Å². The maximum absolute atomic E-state index is 12.3. The summed E-state index contributed by atoms with van der Waals surface area (Å²) < 4.78 is 42.0. The summed E-state index contributed by atoms with van der Waals surface area (Å²) in [7, 11) is -0.447. The van der Waals surface area contributed by atoms with Crippen molar-refractivity contribution in [3.63, 3.8) is 0 Å². The summed E-state index contributed by atoms with van der Waals surface area (Å²) in [5, 5.41) is 2.61. The molecule has 140 valence electrons. The first-order valence-corrected chi connectivity index (χ1v) is 10.0. The van der Waals surface area contributed by atoms with E-state index < -0.39 is 15.9 Å². The molecule has 0 radical (unpaired) electrons. The van der Waals surface area contributed by atoms with E-state index in [-0.39, 0.29) is 12.3 Å². The number of carbonyl (C=O) groups is 1. The van der Waals surface area contributed by atoms with Crippen LogP contribution in [0.3, 0.4) is 0 Å². The number of amides is 1. The van der Waals surface area contributed by atoms with Gasteiger partial charge >= 0.3 is 0 Å². The van der Waals surface area contributed by atoms with E-state index in [4.69, 9.17) is 14.2 Å². The minimum Gasteiger partial charge on any atom is -0.495 e. The summed E-state index contributed by atoms with van der Waals surface area (Å²) in [4.78, 5) is 12.3. The molecule has 1 aliphatic rings. The van der Waals surface area contributed by atoms with E-state index in [1.807, 2.05) is 0 Å². The topological polar surface area (TPSA) is 94.2 Å². The van der Waals surface area contributed by atoms with E-state index in [0.29, 0.717) is 47.8 Å². The molecule has 0 saturated carbocycles. The lowest BCUT2D eigenvalue weighted by atomic mass is 10.2. The van der Waals surface area contributed by atoms with Gasteiger partial charge in [0.15, 0.2) is 0 Å². The summed E-state index contributed by atoms with van der Waals surface area (Å²) in [5.74, 6) is 0.334. The number of carbonyl (C=O) groups excluding carboxylic acids is 1. The molecule has 8 nitrogen and oxygen atoms in total. The molecule has 0 atom stereocenters. The molecule has 0 unspecified atom stereocenters. The fourth-order valence-electron chi connectivity index (χ4n) is 2.35. The van der Waals surface area contributed by atoms with E-state index in [9.17, 15) is 13.2 Å². The van der Waals surface area contributed by atoms with E-state index in [2.05, 4.69) is 21.2 Å². The number of morpholine rings is 1. The van der Waals surface area contributed by atoms with Gasteiger partial charge in [0.1, 0.15) is 16.0 Å². The van der Waals surface area contributed by atoms with Crippen LogP contribution in [0.15, 0.2) is 16.6 Å². The molecule has 0 aromatic heterocycles. The number of hydrogen-bond acceptors (Lipinski definition) is 6. The lowest BCUT2D eigenvalue weighted by Gasteiger charge is -2.26. The van der Waals surface area contributed by atoms with Gasteiger partial charge in [-0.15, -0.1) is 0 Å². The van der Waals surface area contributed by atoms with Crippen molar-refractivity contribution in [1.82, 2.24) is 9.62 Å². The zero-order chi connectivity index (χ0) is 18.4. The molecule has 1 aliphatic heterocycles. The molecule has 1 heterocycles. The first-order valence-electron chi connectivity index (χ1n) is 7.64. The highest BCUT2D eigenvalue weighted by Gasteiger charge is 2.24. The predicted octanol–water partition coefficient (Wildman–Crippen LogP) is 0.858. The number of halogens is 1. The first-order chi connectivity index (χ1) is 11.9. The molecule has 1 saturated heterocycles. The third-order valence-electron chi connectivity index (χ3n) is 3.72. The molecule has 1 amide bonds. The van der Waals surface area contributed by atoms with Crippen molar-refractivity contribution in [3.8, 4) is 11.5 Å². The van der Waals surface area contributed by atoms with Gasteiger partial charge in [-0.1, -0.05) is 0 Å². The van der Waals surface area contributed by atoms with Crippen LogP contribution in [-0.4, -0.2) is 71.5 Å². The molecule has 2 rings (SSSR count). The van der Waals surface area contributed by atoms with E-state index >= 15 is 0 Å². The number of sulfonamides is 1. The molecule has 1 N–H and O–H groups in total. The maximum Gasteiger partial charge on any atom is 0.251 e. The Kier molecular flexibility index (Phi) is 7.05. The number of nitrogens with zero attached hydrogens (tertiary/aromatic N) is 1. The van der Waals surface area contributed by atoms with Crippen LogP contribution < -0.4 is 14.8 Å². The second-order valence-corrected chi connectivity index (χ2v) is 8.16. The molecule has 25 heavy (non-hydrogen) atoms. The highest BCUT2D eigenvalue weighted by Crippen LogP contribution is 2.35. The fraction of sp³-hybridized carbons (Fsp3) is 0.533. The molecule has 0 aliphatic carbocycles. The fourth-order valence-corrected chi connectivity index (χ4v) is 4.23. The zero-order valence-corrected chi connectivity index (χ0v) is 16.5. The van der Waals surface area contributed by atoms with Gasteiger partial charge in [-0.25, -0.2) is 8.42 Å². The third-order valence-corrected chi connectivity index (χ3v) is 6.37. The number of methoxy groups -OCH3 is 2. The van der Waals surface area contributed by atoms with Gasteiger partial charge in [0.05, 0.1) is 33.2 Å². The van der Waals surface area contributed by atoms with Crippen molar-refractivity contribution in [1.29, 1.82) is 0 Å². The summed E-state index contributed by atoms with van der Waals surface area (Å²) in [6, 6.07) is 3.11. The van der Waals surface area contributed by atoms with Crippen LogP contribution in [-0.2, 0) is 14.8 Å². The maximum atomic E-state index is 12.3. The Morgan fingerprint density at radius 3 is 2.32 bits per heavy atom. The summed E-state index contributed by atoms with van der Waals surface area (Å²) in [5.41, 5.74) is 0.320. The van der Waals surface area contributed by atoms with Gasteiger partial charge in [-0.2, -0.15) is 4.31 Å². The van der Waals surface area contributed by atoms with Gasteiger partial charge in [-0.05, 0) is 28.1 Å². The molecule has 0 spiro atoms. The van der Waals surface area contributed by atoms with Crippen LogP contribution >= 0.6 is 15.9 Å². The van der Waals surface area contributed by atoms with Crippen molar-refractivity contribution in [2.45, 2.75) is 0 Å². The quantitative estimate of drug-likeness (QED) is 0.680. The molecule has 0 bridgehead atoms. The Bertz CT molecular complexity index is 694. The number of hydrogen-bond donors (Lipinski definition) is 1. The van der Waals surface area contributed by atoms with Crippen molar-refractivity contribution in [2.24, 2.45) is 0 Å². The average Bonchev–Trinajstić information content (AvgIpc) is 2.62. The predicted molar refractivity (Wildman–Crippen MR) is 95.8 cm³/mol. The lowest BCUT2D eigenvalue weighted by molar-refractivity contribution is 0.0730. The van der Waals surface area contributed by atoms with Crippen molar-refractivity contribution in [3.05, 3.63) is 22.2 Å². The van der Waals surface area contributed by atoms with Gasteiger partial charge in [0.2, 0.25) is 10.0 Å². The van der Waals surface area contributed by atoms with Gasteiger partial charge in [-0.3, -0.25) is 4.79 Å². The normalized spacial score (nSPS) is 15.6. The zero-order valence-electron chi connectivity index (χ0n) is 14.1. The second kappa shape index (κ2) is 8.84. The number of rotatable bonds is 7. The largest absolute Gasteiger partial charge is 0.495 e. The number of benzene rings is 1. The molecular weight excluding hydrogens is 416 g/mol. The Balaban J connectivity index is 1.98. The molecule has 1 aromatic rings. The SMILES string of the molecule is COc1cc(C(=O)NCCS(=O)(=O)N2CCOCC2)cc(OC)c1Br. The van der Waals surface area contributed by atoms with Gasteiger partial charge in [0.25, 0.3) is 5.91 Å². The Labute approximate surface area is 155 Å². The summed E-state index contributed by atoms with van der Waals surface area (Å²) in [6.07, 6.45) is 0. The first kappa shape index (κ1) is 20.0. The third kappa shape index (κ3) is 5.06. The van der Waals surface area contributed by atoms with Crippen molar-refractivity contribution < 1.29 is 27.4 Å².